The molecule has 6 nitrogen and oxygen atoms in total. The van der Waals surface area contributed by atoms with Crippen LogP contribution in [0.15, 0.2) is 53.5 Å². The molecular formula is C20H17N3O3. The van der Waals surface area contributed by atoms with Crippen molar-refractivity contribution in [2.24, 2.45) is 0 Å². The van der Waals surface area contributed by atoms with Gasteiger partial charge in [0.05, 0.1) is 5.56 Å². The van der Waals surface area contributed by atoms with E-state index >= 15 is 0 Å². The van der Waals surface area contributed by atoms with Gasteiger partial charge in [0.15, 0.2) is 5.88 Å². The molecule has 0 fully saturated rings. The zero-order valence-electron chi connectivity index (χ0n) is 14.4. The third kappa shape index (κ3) is 4.08. The van der Waals surface area contributed by atoms with Crippen LogP contribution in [0, 0.1) is 25.2 Å². The summed E-state index contributed by atoms with van der Waals surface area (Å²) >= 11 is 0. The molecule has 0 aliphatic heterocycles. The van der Waals surface area contributed by atoms with Gasteiger partial charge < -0.3 is 9.47 Å². The van der Waals surface area contributed by atoms with Gasteiger partial charge in [-0.15, -0.1) is 0 Å². The molecule has 0 bridgehead atoms. The van der Waals surface area contributed by atoms with Gasteiger partial charge in [-0.2, -0.15) is 5.26 Å². The van der Waals surface area contributed by atoms with E-state index in [1.54, 1.807) is 19.1 Å². The second-order valence-electron chi connectivity index (χ2n) is 5.85. The number of rotatable bonds is 5. The topological polar surface area (TPSA) is 88.0 Å². The van der Waals surface area contributed by atoms with E-state index in [9.17, 15) is 10.1 Å². The molecule has 0 aliphatic rings. The number of nitriles is 1. The number of hydrogen-bond acceptors (Lipinski definition) is 5. The molecule has 0 aliphatic carbocycles. The highest BCUT2D eigenvalue weighted by molar-refractivity contribution is 5.47. The summed E-state index contributed by atoms with van der Waals surface area (Å²) in [7, 11) is 0. The molecule has 1 aromatic heterocycles. The van der Waals surface area contributed by atoms with Crippen LogP contribution in [-0.2, 0) is 6.61 Å². The second-order valence-corrected chi connectivity index (χ2v) is 5.85. The predicted molar refractivity (Wildman–Crippen MR) is 96.3 cm³/mol. The van der Waals surface area contributed by atoms with Crippen LogP contribution in [0.3, 0.4) is 0 Å². The Morgan fingerprint density at radius 2 is 2.04 bits per heavy atom. The molecule has 0 amide bonds. The van der Waals surface area contributed by atoms with Crippen LogP contribution >= 0.6 is 0 Å². The van der Waals surface area contributed by atoms with Gasteiger partial charge in [-0.1, -0.05) is 18.2 Å². The number of H-pyrrole nitrogens is 1. The van der Waals surface area contributed by atoms with Gasteiger partial charge in [0.2, 0.25) is 0 Å². The molecule has 0 saturated carbocycles. The van der Waals surface area contributed by atoms with Gasteiger partial charge in [0.1, 0.15) is 24.2 Å². The van der Waals surface area contributed by atoms with Gasteiger partial charge in [0.25, 0.3) is 0 Å². The molecular weight excluding hydrogens is 330 g/mol. The summed E-state index contributed by atoms with van der Waals surface area (Å²) < 4.78 is 11.4. The molecule has 3 aromatic rings. The number of ether oxygens (including phenoxy) is 2. The highest BCUT2D eigenvalue weighted by Gasteiger charge is 2.08. The van der Waals surface area contributed by atoms with Crippen molar-refractivity contribution in [1.82, 2.24) is 9.97 Å². The SMILES string of the molecule is Cc1cccc(Oc2ccc(COc3[nH]c(=O)ncc3C)cc2C#N)c1. The van der Waals surface area contributed by atoms with E-state index in [1.165, 1.54) is 6.20 Å². The van der Waals surface area contributed by atoms with Gasteiger partial charge in [-0.25, -0.2) is 9.78 Å². The lowest BCUT2D eigenvalue weighted by Gasteiger charge is -2.11. The fraction of sp³-hybridized carbons (Fsp3) is 0.150. The molecule has 26 heavy (non-hydrogen) atoms. The maximum atomic E-state index is 11.3. The first-order valence-electron chi connectivity index (χ1n) is 8.01. The van der Waals surface area contributed by atoms with Crippen molar-refractivity contribution < 1.29 is 9.47 Å². The minimum atomic E-state index is -0.467. The monoisotopic (exact) mass is 347 g/mol. The molecule has 0 saturated heterocycles. The van der Waals surface area contributed by atoms with Crippen molar-refractivity contribution in [2.75, 3.05) is 0 Å². The Balaban J connectivity index is 1.77. The zero-order valence-corrected chi connectivity index (χ0v) is 14.4. The standard InChI is InChI=1S/C20H17N3O3/c1-13-4-3-5-17(8-13)26-18-7-6-15(9-16(18)10-21)12-25-19-14(2)11-22-20(24)23-19/h3-9,11H,12H2,1-2H3,(H,22,23,24). The maximum Gasteiger partial charge on any atom is 0.347 e. The van der Waals surface area contributed by atoms with Crippen molar-refractivity contribution in [2.45, 2.75) is 20.5 Å². The average molecular weight is 347 g/mol. The van der Waals surface area contributed by atoms with Crippen LogP contribution in [0.2, 0.25) is 0 Å². The molecule has 1 N–H and O–H groups in total. The van der Waals surface area contributed by atoms with Crippen molar-refractivity contribution in [3.63, 3.8) is 0 Å². The maximum absolute atomic E-state index is 11.3. The summed E-state index contributed by atoms with van der Waals surface area (Å²) in [5.41, 5.74) is 2.53. The van der Waals surface area contributed by atoms with E-state index in [2.05, 4.69) is 16.0 Å². The number of aromatic nitrogens is 2. The Labute approximate surface area is 150 Å². The third-order valence-electron chi connectivity index (χ3n) is 3.72. The molecule has 0 radical (unpaired) electrons. The summed E-state index contributed by atoms with van der Waals surface area (Å²) in [6.45, 7) is 3.97. The molecule has 1 heterocycles. The summed E-state index contributed by atoms with van der Waals surface area (Å²) in [5.74, 6) is 1.52. The first-order valence-corrected chi connectivity index (χ1v) is 8.01. The highest BCUT2D eigenvalue weighted by Crippen LogP contribution is 2.27. The molecule has 130 valence electrons. The number of nitrogens with one attached hydrogen (secondary N) is 1. The fourth-order valence-electron chi connectivity index (χ4n) is 2.40. The van der Waals surface area contributed by atoms with Crippen molar-refractivity contribution in [3.8, 4) is 23.4 Å². The summed E-state index contributed by atoms with van der Waals surface area (Å²) in [6, 6.07) is 15.0. The van der Waals surface area contributed by atoms with Crippen LogP contribution in [0.1, 0.15) is 22.3 Å². The average Bonchev–Trinajstić information content (AvgIpc) is 2.63. The highest BCUT2D eigenvalue weighted by atomic mass is 16.5. The Morgan fingerprint density at radius 1 is 1.19 bits per heavy atom. The minimum Gasteiger partial charge on any atom is -0.474 e. The Kier molecular flexibility index (Phi) is 4.99. The summed E-state index contributed by atoms with van der Waals surface area (Å²) in [4.78, 5) is 17.5. The molecule has 6 heteroatoms. The fourth-order valence-corrected chi connectivity index (χ4v) is 2.40. The predicted octanol–water partition coefficient (Wildman–Crippen LogP) is 3.63. The normalized spacial score (nSPS) is 10.2. The second kappa shape index (κ2) is 7.53. The van der Waals surface area contributed by atoms with E-state index in [4.69, 9.17) is 9.47 Å². The number of benzene rings is 2. The van der Waals surface area contributed by atoms with Crippen molar-refractivity contribution >= 4 is 0 Å². The van der Waals surface area contributed by atoms with Crippen LogP contribution in [0.25, 0.3) is 0 Å². The lowest BCUT2D eigenvalue weighted by atomic mass is 10.1. The number of nitrogens with zero attached hydrogens (tertiary/aromatic N) is 2. The quantitative estimate of drug-likeness (QED) is 0.761. The van der Waals surface area contributed by atoms with E-state index in [1.807, 2.05) is 37.3 Å². The van der Waals surface area contributed by atoms with E-state index in [-0.39, 0.29) is 6.61 Å². The molecule has 2 aromatic carbocycles. The number of hydrogen-bond donors (Lipinski definition) is 1. The summed E-state index contributed by atoms with van der Waals surface area (Å²) in [5, 5.41) is 9.41. The molecule has 0 atom stereocenters. The zero-order chi connectivity index (χ0) is 18.5. The Hall–Kier alpha value is -3.59. The molecule has 0 spiro atoms. The third-order valence-corrected chi connectivity index (χ3v) is 3.72. The van der Waals surface area contributed by atoms with Crippen LogP contribution in [-0.4, -0.2) is 9.97 Å². The molecule has 0 unspecified atom stereocenters. The lowest BCUT2D eigenvalue weighted by Crippen LogP contribution is -2.12. The molecule has 3 rings (SSSR count). The van der Waals surface area contributed by atoms with E-state index < -0.39 is 5.69 Å². The summed E-state index contributed by atoms with van der Waals surface area (Å²) in [6.07, 6.45) is 1.45. The van der Waals surface area contributed by atoms with Crippen molar-refractivity contribution in [3.05, 3.63) is 81.4 Å². The first-order chi connectivity index (χ1) is 12.5. The Bertz CT molecular complexity index is 1030. The largest absolute Gasteiger partial charge is 0.474 e. The van der Waals surface area contributed by atoms with E-state index in [0.29, 0.717) is 22.9 Å². The van der Waals surface area contributed by atoms with Gasteiger partial charge in [-0.05, 0) is 49.2 Å². The minimum absolute atomic E-state index is 0.209. The lowest BCUT2D eigenvalue weighted by molar-refractivity contribution is 0.289. The van der Waals surface area contributed by atoms with Gasteiger partial charge >= 0.3 is 5.69 Å². The number of aryl methyl sites for hydroxylation is 2. The number of aromatic amines is 1. The van der Waals surface area contributed by atoms with Crippen LogP contribution < -0.4 is 15.2 Å². The van der Waals surface area contributed by atoms with Crippen molar-refractivity contribution in [1.29, 1.82) is 5.26 Å². The smallest absolute Gasteiger partial charge is 0.347 e. The van der Waals surface area contributed by atoms with Gasteiger partial charge in [-0.3, -0.25) is 4.98 Å². The van der Waals surface area contributed by atoms with Gasteiger partial charge in [0, 0.05) is 11.8 Å². The Morgan fingerprint density at radius 3 is 2.81 bits per heavy atom. The van der Waals surface area contributed by atoms with Crippen LogP contribution in [0.5, 0.6) is 17.4 Å². The van der Waals surface area contributed by atoms with Crippen LogP contribution in [0.4, 0.5) is 0 Å². The van der Waals surface area contributed by atoms with E-state index in [0.717, 1.165) is 16.7 Å². The first kappa shape index (κ1) is 17.2.